The fraction of sp³-hybridized carbons (Fsp3) is 0.417. The molecule has 0 saturated heterocycles. The molecule has 0 fully saturated rings. The van der Waals surface area contributed by atoms with Crippen LogP contribution in [0.4, 0.5) is 9.18 Å². The summed E-state index contributed by atoms with van der Waals surface area (Å²) in [4.78, 5) is 11.4. The van der Waals surface area contributed by atoms with Crippen molar-refractivity contribution in [3.05, 3.63) is 34.3 Å². The normalized spacial score (nSPS) is 17.6. The fourth-order valence-electron chi connectivity index (χ4n) is 2.09. The monoisotopic (exact) mass is 256 g/mol. The summed E-state index contributed by atoms with van der Waals surface area (Å²) in [5, 5.41) is 5.94. The van der Waals surface area contributed by atoms with Crippen LogP contribution >= 0.6 is 11.6 Å². The molecule has 0 saturated carbocycles. The zero-order valence-electron chi connectivity index (χ0n) is 9.30. The number of amides is 2. The summed E-state index contributed by atoms with van der Waals surface area (Å²) in [5.74, 6) is 0. The first-order valence-electron chi connectivity index (χ1n) is 5.59. The maximum Gasteiger partial charge on any atom is 0.315 e. The van der Waals surface area contributed by atoms with Gasteiger partial charge in [0.2, 0.25) is 0 Å². The number of hydrogen-bond acceptors (Lipinski definition) is 1. The topological polar surface area (TPSA) is 41.1 Å². The standard InChI is InChI=1S/C12H14ClFN2O/c13-9-3-1-8-2-4-11(10(8)7-9)16-12(17)15-6-5-14/h1,3,7,11H,2,4-6H2,(H2,15,16,17). The van der Waals surface area contributed by atoms with Crippen molar-refractivity contribution in [1.82, 2.24) is 10.6 Å². The highest BCUT2D eigenvalue weighted by Gasteiger charge is 2.23. The van der Waals surface area contributed by atoms with Gasteiger partial charge >= 0.3 is 6.03 Å². The zero-order valence-corrected chi connectivity index (χ0v) is 10.1. The van der Waals surface area contributed by atoms with Crippen molar-refractivity contribution in [2.45, 2.75) is 18.9 Å². The summed E-state index contributed by atoms with van der Waals surface area (Å²) in [6.45, 7) is -0.512. The van der Waals surface area contributed by atoms with Gasteiger partial charge in [0.1, 0.15) is 6.67 Å². The van der Waals surface area contributed by atoms with Crippen molar-refractivity contribution in [1.29, 1.82) is 0 Å². The number of hydrogen-bond donors (Lipinski definition) is 2. The highest BCUT2D eigenvalue weighted by Crippen LogP contribution is 2.32. The first-order valence-corrected chi connectivity index (χ1v) is 5.97. The summed E-state index contributed by atoms with van der Waals surface area (Å²) in [5.41, 5.74) is 2.28. The minimum absolute atomic E-state index is 0.0247. The Morgan fingerprint density at radius 2 is 2.35 bits per heavy atom. The van der Waals surface area contributed by atoms with Gasteiger partial charge in [-0.15, -0.1) is 0 Å². The molecule has 0 heterocycles. The highest BCUT2D eigenvalue weighted by molar-refractivity contribution is 6.30. The zero-order chi connectivity index (χ0) is 12.3. The van der Waals surface area contributed by atoms with Crippen molar-refractivity contribution in [3.8, 4) is 0 Å². The molecule has 2 rings (SSSR count). The third-order valence-electron chi connectivity index (χ3n) is 2.87. The van der Waals surface area contributed by atoms with E-state index in [2.05, 4.69) is 10.6 Å². The maximum absolute atomic E-state index is 11.9. The average molecular weight is 257 g/mol. The Morgan fingerprint density at radius 1 is 1.53 bits per heavy atom. The van der Waals surface area contributed by atoms with Crippen LogP contribution in [0.1, 0.15) is 23.6 Å². The Bertz CT molecular complexity index is 425. The molecular weight excluding hydrogens is 243 g/mol. The van der Waals surface area contributed by atoms with Crippen LogP contribution < -0.4 is 10.6 Å². The number of alkyl halides is 1. The minimum atomic E-state index is -0.555. The molecule has 0 radical (unpaired) electrons. The van der Waals surface area contributed by atoms with E-state index in [1.165, 1.54) is 5.56 Å². The molecule has 1 atom stereocenters. The van der Waals surface area contributed by atoms with E-state index in [4.69, 9.17) is 11.6 Å². The van der Waals surface area contributed by atoms with Gasteiger partial charge in [0.25, 0.3) is 0 Å². The summed E-state index contributed by atoms with van der Waals surface area (Å²) in [6, 6.07) is 5.36. The Balaban J connectivity index is 2.01. The number of urea groups is 1. The molecule has 17 heavy (non-hydrogen) atoms. The lowest BCUT2D eigenvalue weighted by Gasteiger charge is -2.14. The molecule has 0 spiro atoms. The fourth-order valence-corrected chi connectivity index (χ4v) is 2.27. The van der Waals surface area contributed by atoms with Gasteiger partial charge in [0.05, 0.1) is 6.04 Å². The van der Waals surface area contributed by atoms with E-state index in [1.807, 2.05) is 18.2 Å². The second-order valence-electron chi connectivity index (χ2n) is 4.02. The third kappa shape index (κ3) is 2.88. The van der Waals surface area contributed by atoms with Crippen LogP contribution in [0.5, 0.6) is 0 Å². The molecular formula is C12H14ClFN2O. The van der Waals surface area contributed by atoms with Gasteiger partial charge in [-0.3, -0.25) is 0 Å². The highest BCUT2D eigenvalue weighted by atomic mass is 35.5. The van der Waals surface area contributed by atoms with E-state index < -0.39 is 6.67 Å². The lowest BCUT2D eigenvalue weighted by molar-refractivity contribution is 0.236. The van der Waals surface area contributed by atoms with Gasteiger partial charge in [0, 0.05) is 11.6 Å². The number of benzene rings is 1. The first-order chi connectivity index (χ1) is 8.20. The molecule has 1 unspecified atom stereocenters. The maximum atomic E-state index is 11.9. The van der Waals surface area contributed by atoms with Crippen LogP contribution in [-0.4, -0.2) is 19.3 Å². The lowest BCUT2D eigenvalue weighted by Crippen LogP contribution is -2.38. The molecule has 1 aliphatic rings. The van der Waals surface area contributed by atoms with E-state index >= 15 is 0 Å². The molecule has 0 aromatic heterocycles. The number of aryl methyl sites for hydroxylation is 1. The van der Waals surface area contributed by atoms with Crippen molar-refractivity contribution < 1.29 is 9.18 Å². The molecule has 2 amide bonds. The van der Waals surface area contributed by atoms with Gasteiger partial charge in [0.15, 0.2) is 0 Å². The van der Waals surface area contributed by atoms with E-state index in [9.17, 15) is 9.18 Å². The Kier molecular flexibility index (Phi) is 3.84. The van der Waals surface area contributed by atoms with E-state index in [0.29, 0.717) is 5.02 Å². The van der Waals surface area contributed by atoms with Crippen molar-refractivity contribution in [2.24, 2.45) is 0 Å². The number of carbonyl (C=O) groups excluding carboxylic acids is 1. The number of halogens is 2. The Morgan fingerprint density at radius 3 is 3.12 bits per heavy atom. The quantitative estimate of drug-likeness (QED) is 0.858. The second kappa shape index (κ2) is 5.36. The van der Waals surface area contributed by atoms with E-state index in [0.717, 1.165) is 18.4 Å². The average Bonchev–Trinajstić information content (AvgIpc) is 2.69. The van der Waals surface area contributed by atoms with Crippen LogP contribution in [0.25, 0.3) is 0 Å². The Labute approximate surface area is 104 Å². The largest absolute Gasteiger partial charge is 0.336 e. The van der Waals surface area contributed by atoms with Crippen molar-refractivity contribution in [2.75, 3.05) is 13.2 Å². The summed E-state index contributed by atoms with van der Waals surface area (Å²) < 4.78 is 11.9. The molecule has 1 aromatic carbocycles. The molecule has 0 bridgehead atoms. The summed E-state index contributed by atoms with van der Waals surface area (Å²) >= 11 is 5.93. The van der Waals surface area contributed by atoms with Crippen LogP contribution in [0.2, 0.25) is 5.02 Å². The third-order valence-corrected chi connectivity index (χ3v) is 3.11. The van der Waals surface area contributed by atoms with Crippen molar-refractivity contribution >= 4 is 17.6 Å². The van der Waals surface area contributed by atoms with Crippen LogP contribution in [0.15, 0.2) is 18.2 Å². The van der Waals surface area contributed by atoms with E-state index in [-0.39, 0.29) is 18.6 Å². The SMILES string of the molecule is O=C(NCCF)NC1CCc2ccc(Cl)cc21. The molecule has 5 heteroatoms. The number of rotatable bonds is 3. The second-order valence-corrected chi connectivity index (χ2v) is 4.46. The summed E-state index contributed by atoms with van der Waals surface area (Å²) in [7, 11) is 0. The smallest absolute Gasteiger partial charge is 0.315 e. The van der Waals surface area contributed by atoms with Crippen LogP contribution in [-0.2, 0) is 6.42 Å². The molecule has 92 valence electrons. The molecule has 3 nitrogen and oxygen atoms in total. The van der Waals surface area contributed by atoms with Gasteiger partial charge in [-0.1, -0.05) is 17.7 Å². The lowest BCUT2D eigenvalue weighted by atomic mass is 10.1. The van der Waals surface area contributed by atoms with Gasteiger partial charge in [-0.25, -0.2) is 9.18 Å². The predicted molar refractivity (Wildman–Crippen MR) is 65.0 cm³/mol. The number of fused-ring (bicyclic) bond motifs is 1. The first kappa shape index (κ1) is 12.2. The molecule has 0 aliphatic heterocycles. The molecule has 1 aliphatic carbocycles. The number of carbonyl (C=O) groups is 1. The number of nitrogens with one attached hydrogen (secondary N) is 2. The van der Waals surface area contributed by atoms with Crippen LogP contribution in [0, 0.1) is 0 Å². The van der Waals surface area contributed by atoms with Gasteiger partial charge < -0.3 is 10.6 Å². The van der Waals surface area contributed by atoms with Gasteiger partial charge in [-0.05, 0) is 36.1 Å². The predicted octanol–water partition coefficient (Wildman–Crippen LogP) is 2.60. The minimum Gasteiger partial charge on any atom is -0.336 e. The summed E-state index contributed by atoms with van der Waals surface area (Å²) in [6.07, 6.45) is 1.79. The van der Waals surface area contributed by atoms with Crippen molar-refractivity contribution in [3.63, 3.8) is 0 Å². The molecule has 1 aromatic rings. The van der Waals surface area contributed by atoms with Crippen LogP contribution in [0.3, 0.4) is 0 Å². The Hall–Kier alpha value is -1.29. The van der Waals surface area contributed by atoms with Gasteiger partial charge in [-0.2, -0.15) is 0 Å². The van der Waals surface area contributed by atoms with E-state index in [1.54, 1.807) is 0 Å². The molecule has 2 N–H and O–H groups in total.